The summed E-state index contributed by atoms with van der Waals surface area (Å²) in [5.74, 6) is 0.588. The number of nitrogens with one attached hydrogen (secondary N) is 2. The number of rotatable bonds is 7. The molecule has 7 nitrogen and oxygen atoms in total. The third-order valence-electron chi connectivity index (χ3n) is 5.11. The van der Waals surface area contributed by atoms with E-state index in [0.717, 1.165) is 11.1 Å². The summed E-state index contributed by atoms with van der Waals surface area (Å²) >= 11 is 0. The lowest BCUT2D eigenvalue weighted by Crippen LogP contribution is -2.46. The van der Waals surface area contributed by atoms with E-state index in [-0.39, 0.29) is 24.5 Å². The normalized spacial score (nSPS) is 13.9. The fourth-order valence-electron chi connectivity index (χ4n) is 3.42. The van der Waals surface area contributed by atoms with Crippen LogP contribution in [0.5, 0.6) is 5.75 Å². The molecule has 1 fully saturated rings. The van der Waals surface area contributed by atoms with Gasteiger partial charge in [-0.3, -0.25) is 4.79 Å². The summed E-state index contributed by atoms with van der Waals surface area (Å²) < 4.78 is 5.28. The van der Waals surface area contributed by atoms with Crippen molar-refractivity contribution >= 4 is 11.9 Å². The molecule has 30 heavy (non-hydrogen) atoms. The van der Waals surface area contributed by atoms with Crippen LogP contribution >= 0.6 is 0 Å². The number of carbonyl (C=O) groups is 2. The Balaban J connectivity index is 1.39. The van der Waals surface area contributed by atoms with E-state index in [1.54, 1.807) is 17.0 Å². The summed E-state index contributed by atoms with van der Waals surface area (Å²) in [5, 5.41) is 14.5. The van der Waals surface area contributed by atoms with Gasteiger partial charge in [0.15, 0.2) is 6.61 Å². The van der Waals surface area contributed by atoms with Gasteiger partial charge < -0.3 is 20.3 Å². The van der Waals surface area contributed by atoms with Crippen LogP contribution in [0.4, 0.5) is 4.79 Å². The van der Waals surface area contributed by atoms with E-state index in [4.69, 9.17) is 10.00 Å². The molecule has 1 saturated heterocycles. The molecule has 0 unspecified atom stereocenters. The zero-order valence-electron chi connectivity index (χ0n) is 16.8. The van der Waals surface area contributed by atoms with Gasteiger partial charge in [-0.05, 0) is 36.1 Å². The van der Waals surface area contributed by atoms with Gasteiger partial charge in [0.1, 0.15) is 11.8 Å². The molecule has 7 heteroatoms. The molecule has 2 aromatic carbocycles. The lowest BCUT2D eigenvalue weighted by atomic mass is 9.96. The minimum atomic E-state index is -0.138. The molecule has 0 aliphatic carbocycles. The molecule has 2 aromatic rings. The molecule has 1 aliphatic rings. The van der Waals surface area contributed by atoms with Crippen LogP contribution in [0.1, 0.15) is 24.0 Å². The first-order valence-electron chi connectivity index (χ1n) is 10.1. The summed E-state index contributed by atoms with van der Waals surface area (Å²) in [6.07, 6.45) is 1.32. The number of amides is 3. The molecule has 0 aromatic heterocycles. The molecule has 0 bridgehead atoms. The predicted octanol–water partition coefficient (Wildman–Crippen LogP) is 2.83. The number of nitrogens with zero attached hydrogens (tertiary/aromatic N) is 2. The maximum absolute atomic E-state index is 12.5. The number of likely N-dealkylation sites (tertiary alicyclic amines) is 1. The van der Waals surface area contributed by atoms with Gasteiger partial charge in [-0.1, -0.05) is 42.5 Å². The molecule has 0 spiro atoms. The summed E-state index contributed by atoms with van der Waals surface area (Å²) in [6, 6.07) is 18.9. The van der Waals surface area contributed by atoms with Gasteiger partial charge in [0, 0.05) is 32.1 Å². The maximum atomic E-state index is 12.5. The maximum Gasteiger partial charge on any atom is 0.317 e. The Kier molecular flexibility index (Phi) is 7.67. The largest absolute Gasteiger partial charge is 0.479 e. The van der Waals surface area contributed by atoms with Crippen molar-refractivity contribution in [3.8, 4) is 11.8 Å². The smallest absolute Gasteiger partial charge is 0.317 e. The Labute approximate surface area is 176 Å². The van der Waals surface area contributed by atoms with Gasteiger partial charge in [0.25, 0.3) is 0 Å². The fraction of sp³-hybridized carbons (Fsp3) is 0.348. The zero-order valence-corrected chi connectivity index (χ0v) is 16.8. The first-order valence-corrected chi connectivity index (χ1v) is 10.1. The molecule has 2 N–H and O–H groups in total. The summed E-state index contributed by atoms with van der Waals surface area (Å²) in [4.78, 5) is 26.6. The number of ether oxygens (including phenoxy) is 1. The predicted molar refractivity (Wildman–Crippen MR) is 112 cm³/mol. The number of hydrogen-bond donors (Lipinski definition) is 2. The number of hydrogen-bond acceptors (Lipinski definition) is 4. The van der Waals surface area contributed by atoms with Crippen molar-refractivity contribution in [2.45, 2.75) is 25.9 Å². The van der Waals surface area contributed by atoms with Crippen LogP contribution in [-0.4, -0.2) is 36.5 Å². The van der Waals surface area contributed by atoms with Crippen LogP contribution < -0.4 is 15.4 Å². The van der Waals surface area contributed by atoms with E-state index in [2.05, 4.69) is 10.6 Å². The molecule has 3 amide bonds. The minimum Gasteiger partial charge on any atom is -0.479 e. The number of nitriles is 1. The van der Waals surface area contributed by atoms with E-state index in [1.165, 1.54) is 0 Å². The summed E-state index contributed by atoms with van der Waals surface area (Å²) in [6.45, 7) is 2.00. The quantitative estimate of drug-likeness (QED) is 0.739. The molecule has 0 radical (unpaired) electrons. The zero-order chi connectivity index (χ0) is 21.2. The summed E-state index contributed by atoms with van der Waals surface area (Å²) in [7, 11) is 0. The lowest BCUT2D eigenvalue weighted by Gasteiger charge is -2.31. The van der Waals surface area contributed by atoms with Crippen LogP contribution in [0.15, 0.2) is 54.6 Å². The monoisotopic (exact) mass is 406 g/mol. The first kappa shape index (κ1) is 21.2. The van der Waals surface area contributed by atoms with Gasteiger partial charge in [-0.25, -0.2) is 4.79 Å². The molecule has 3 rings (SSSR count). The Hall–Kier alpha value is -3.53. The lowest BCUT2D eigenvalue weighted by molar-refractivity contribution is -0.126. The molecule has 0 saturated carbocycles. The number of urea groups is 1. The van der Waals surface area contributed by atoms with E-state index < -0.39 is 0 Å². The van der Waals surface area contributed by atoms with Crippen LogP contribution in [0.25, 0.3) is 0 Å². The average Bonchev–Trinajstić information content (AvgIpc) is 2.80. The van der Waals surface area contributed by atoms with E-state index >= 15 is 0 Å². The van der Waals surface area contributed by atoms with Crippen LogP contribution in [0, 0.1) is 17.2 Å². The second-order valence-electron chi connectivity index (χ2n) is 7.22. The number of benzene rings is 2. The van der Waals surface area contributed by atoms with E-state index in [9.17, 15) is 9.59 Å². The van der Waals surface area contributed by atoms with Gasteiger partial charge >= 0.3 is 6.03 Å². The SMILES string of the molecule is N#CCOc1cccc(CNC(=O)N2CCC(C(=O)NCc3ccccc3)CC2)c1. The molecular weight excluding hydrogens is 380 g/mol. The summed E-state index contributed by atoms with van der Waals surface area (Å²) in [5.41, 5.74) is 1.97. The van der Waals surface area contributed by atoms with Crippen molar-refractivity contribution in [2.75, 3.05) is 19.7 Å². The second-order valence-corrected chi connectivity index (χ2v) is 7.22. The Bertz CT molecular complexity index is 887. The van der Waals surface area contributed by atoms with Gasteiger partial charge in [-0.2, -0.15) is 5.26 Å². The molecule has 1 aliphatic heterocycles. The Morgan fingerprint density at radius 1 is 1.00 bits per heavy atom. The second kappa shape index (κ2) is 10.9. The third-order valence-corrected chi connectivity index (χ3v) is 5.11. The van der Waals surface area contributed by atoms with Gasteiger partial charge in [0.2, 0.25) is 5.91 Å². The highest BCUT2D eigenvalue weighted by Gasteiger charge is 2.27. The highest BCUT2D eigenvalue weighted by molar-refractivity contribution is 5.79. The Morgan fingerprint density at radius 3 is 2.43 bits per heavy atom. The van der Waals surface area contributed by atoms with Crippen LogP contribution in [0.3, 0.4) is 0 Å². The van der Waals surface area contributed by atoms with E-state index in [1.807, 2.05) is 48.5 Å². The standard InChI is InChI=1S/C23H26N4O3/c24-11-14-30-21-8-4-7-19(15-21)17-26-23(29)27-12-9-20(10-13-27)22(28)25-16-18-5-2-1-3-6-18/h1-8,15,20H,9-10,12-14,16-17H2,(H,25,28)(H,26,29). The van der Waals surface area contributed by atoms with Gasteiger partial charge in [-0.15, -0.1) is 0 Å². The molecule has 0 atom stereocenters. The molecular formula is C23H26N4O3. The van der Waals surface area contributed by atoms with Gasteiger partial charge in [0.05, 0.1) is 0 Å². The van der Waals surface area contributed by atoms with Crippen molar-refractivity contribution in [3.63, 3.8) is 0 Å². The van der Waals surface area contributed by atoms with Crippen molar-refractivity contribution in [3.05, 3.63) is 65.7 Å². The fourth-order valence-corrected chi connectivity index (χ4v) is 3.42. The highest BCUT2D eigenvalue weighted by atomic mass is 16.5. The van der Waals surface area contributed by atoms with Crippen LogP contribution in [0.2, 0.25) is 0 Å². The first-order chi connectivity index (χ1) is 14.7. The van der Waals surface area contributed by atoms with Crippen LogP contribution in [-0.2, 0) is 17.9 Å². The van der Waals surface area contributed by atoms with Crippen molar-refractivity contribution < 1.29 is 14.3 Å². The van der Waals surface area contributed by atoms with Crippen molar-refractivity contribution in [1.29, 1.82) is 5.26 Å². The third kappa shape index (κ3) is 6.24. The number of carbonyl (C=O) groups excluding carboxylic acids is 2. The average molecular weight is 406 g/mol. The van der Waals surface area contributed by atoms with E-state index in [0.29, 0.717) is 44.8 Å². The van der Waals surface area contributed by atoms with Crippen molar-refractivity contribution in [2.24, 2.45) is 5.92 Å². The Morgan fingerprint density at radius 2 is 1.70 bits per heavy atom. The topological polar surface area (TPSA) is 94.5 Å². The minimum absolute atomic E-state index is 0.0102. The number of piperidine rings is 1. The molecule has 156 valence electrons. The molecule has 1 heterocycles. The van der Waals surface area contributed by atoms with Crippen molar-refractivity contribution in [1.82, 2.24) is 15.5 Å². The highest BCUT2D eigenvalue weighted by Crippen LogP contribution is 2.18.